The number of hydrogen-bond donors (Lipinski definition) is 0. The maximum absolute atomic E-state index is 11.6. The molecule has 0 aromatic rings. The largest absolute Gasteiger partial charge is 0.500 e. The van der Waals surface area contributed by atoms with E-state index in [0.29, 0.717) is 6.61 Å². The molecular weight excluding hydrogens is 172 g/mol. The molecule has 0 saturated carbocycles. The zero-order valence-corrected chi connectivity index (χ0v) is 8.36. The lowest BCUT2D eigenvalue weighted by atomic mass is 10.0. The molecule has 0 radical (unpaired) electrons. The predicted octanol–water partition coefficient (Wildman–Crippen LogP) is 1.84. The SMILES string of the molecule is C=COCC1(C)CCCCS1=O. The summed E-state index contributed by atoms with van der Waals surface area (Å²) in [6.07, 6.45) is 4.70. The molecule has 0 amide bonds. The Kier molecular flexibility index (Phi) is 3.32. The normalized spacial score (nSPS) is 35.9. The second kappa shape index (κ2) is 4.08. The Bertz CT molecular complexity index is 191. The summed E-state index contributed by atoms with van der Waals surface area (Å²) in [5, 5.41) is 0. The van der Waals surface area contributed by atoms with Crippen molar-refractivity contribution in [3.63, 3.8) is 0 Å². The summed E-state index contributed by atoms with van der Waals surface area (Å²) < 4.78 is 16.6. The molecule has 0 aliphatic carbocycles. The number of rotatable bonds is 3. The quantitative estimate of drug-likeness (QED) is 0.632. The van der Waals surface area contributed by atoms with Crippen molar-refractivity contribution in [2.45, 2.75) is 30.9 Å². The first-order chi connectivity index (χ1) is 5.69. The van der Waals surface area contributed by atoms with Crippen LogP contribution in [0.2, 0.25) is 0 Å². The van der Waals surface area contributed by atoms with Crippen molar-refractivity contribution < 1.29 is 8.95 Å². The molecule has 2 atom stereocenters. The van der Waals surface area contributed by atoms with Gasteiger partial charge in [0.25, 0.3) is 0 Å². The van der Waals surface area contributed by atoms with Crippen LogP contribution in [0.5, 0.6) is 0 Å². The van der Waals surface area contributed by atoms with E-state index in [9.17, 15) is 4.21 Å². The topological polar surface area (TPSA) is 26.3 Å². The molecule has 1 fully saturated rings. The Labute approximate surface area is 76.5 Å². The fraction of sp³-hybridized carbons (Fsp3) is 0.778. The van der Waals surface area contributed by atoms with Gasteiger partial charge in [-0.15, -0.1) is 0 Å². The molecule has 0 spiro atoms. The molecule has 1 rings (SSSR count). The van der Waals surface area contributed by atoms with Crippen molar-refractivity contribution in [2.75, 3.05) is 12.4 Å². The zero-order chi connectivity index (χ0) is 9.03. The maximum Gasteiger partial charge on any atom is 0.104 e. The van der Waals surface area contributed by atoms with Crippen LogP contribution in [-0.4, -0.2) is 21.3 Å². The molecule has 0 aromatic heterocycles. The van der Waals surface area contributed by atoms with E-state index in [1.54, 1.807) is 0 Å². The van der Waals surface area contributed by atoms with Crippen molar-refractivity contribution in [3.05, 3.63) is 12.8 Å². The van der Waals surface area contributed by atoms with Crippen LogP contribution < -0.4 is 0 Å². The molecular formula is C9H16O2S. The molecule has 70 valence electrons. The summed E-state index contributed by atoms with van der Waals surface area (Å²) in [5.74, 6) is 0.830. The second-order valence-corrected chi connectivity index (χ2v) is 5.52. The van der Waals surface area contributed by atoms with Crippen molar-refractivity contribution in [2.24, 2.45) is 0 Å². The Morgan fingerprint density at radius 1 is 1.67 bits per heavy atom. The van der Waals surface area contributed by atoms with E-state index in [2.05, 4.69) is 6.58 Å². The van der Waals surface area contributed by atoms with Gasteiger partial charge in [0.2, 0.25) is 0 Å². The van der Waals surface area contributed by atoms with Gasteiger partial charge in [-0.3, -0.25) is 4.21 Å². The average molecular weight is 188 g/mol. The van der Waals surface area contributed by atoms with Gasteiger partial charge in [0.15, 0.2) is 0 Å². The minimum absolute atomic E-state index is 0.133. The standard InChI is InChI=1S/C9H16O2S/c1-3-11-8-9(2)6-4-5-7-12(9)10/h3H,1,4-8H2,2H3. The highest BCUT2D eigenvalue weighted by atomic mass is 32.2. The summed E-state index contributed by atoms with van der Waals surface area (Å²) in [6, 6.07) is 0. The van der Waals surface area contributed by atoms with Gasteiger partial charge in [0.05, 0.1) is 11.0 Å². The second-order valence-electron chi connectivity index (χ2n) is 3.43. The summed E-state index contributed by atoms with van der Waals surface area (Å²) in [7, 11) is -0.718. The third-order valence-electron chi connectivity index (χ3n) is 2.34. The summed E-state index contributed by atoms with van der Waals surface area (Å²) in [6.45, 7) is 6.06. The van der Waals surface area contributed by atoms with E-state index in [1.165, 1.54) is 12.7 Å². The molecule has 1 aliphatic heterocycles. The van der Waals surface area contributed by atoms with E-state index >= 15 is 0 Å². The van der Waals surface area contributed by atoms with Crippen LogP contribution in [0.15, 0.2) is 12.8 Å². The van der Waals surface area contributed by atoms with Crippen LogP contribution >= 0.6 is 0 Å². The number of ether oxygens (including phenoxy) is 1. The van der Waals surface area contributed by atoms with E-state index in [0.717, 1.165) is 18.6 Å². The first-order valence-corrected chi connectivity index (χ1v) is 5.62. The maximum atomic E-state index is 11.6. The van der Waals surface area contributed by atoms with Crippen LogP contribution in [0, 0.1) is 0 Å². The van der Waals surface area contributed by atoms with Gasteiger partial charge in [-0.25, -0.2) is 0 Å². The van der Waals surface area contributed by atoms with Crippen molar-refractivity contribution in [1.82, 2.24) is 0 Å². The smallest absolute Gasteiger partial charge is 0.104 e. The van der Waals surface area contributed by atoms with Crippen molar-refractivity contribution in [3.8, 4) is 0 Å². The summed E-state index contributed by atoms with van der Waals surface area (Å²) >= 11 is 0. The first kappa shape index (κ1) is 9.78. The molecule has 2 nitrogen and oxygen atoms in total. The van der Waals surface area contributed by atoms with Crippen molar-refractivity contribution >= 4 is 10.8 Å². The molecule has 0 N–H and O–H groups in total. The Morgan fingerprint density at radius 3 is 3.00 bits per heavy atom. The average Bonchev–Trinajstić information content (AvgIpc) is 2.07. The van der Waals surface area contributed by atoms with Gasteiger partial charge in [0.1, 0.15) is 6.61 Å². The molecule has 0 bridgehead atoms. The monoisotopic (exact) mass is 188 g/mol. The van der Waals surface area contributed by atoms with Gasteiger partial charge in [0, 0.05) is 16.6 Å². The number of hydrogen-bond acceptors (Lipinski definition) is 2. The van der Waals surface area contributed by atoms with Crippen molar-refractivity contribution in [1.29, 1.82) is 0 Å². The van der Waals surface area contributed by atoms with E-state index < -0.39 is 10.8 Å². The molecule has 12 heavy (non-hydrogen) atoms. The highest BCUT2D eigenvalue weighted by Crippen LogP contribution is 2.27. The molecule has 1 heterocycles. The van der Waals surface area contributed by atoms with Gasteiger partial charge in [-0.1, -0.05) is 13.0 Å². The molecule has 1 aliphatic rings. The highest BCUT2D eigenvalue weighted by Gasteiger charge is 2.34. The summed E-state index contributed by atoms with van der Waals surface area (Å²) in [4.78, 5) is 0. The minimum atomic E-state index is -0.718. The van der Waals surface area contributed by atoms with Crippen LogP contribution in [0.1, 0.15) is 26.2 Å². The Morgan fingerprint density at radius 2 is 2.42 bits per heavy atom. The zero-order valence-electron chi connectivity index (χ0n) is 7.54. The van der Waals surface area contributed by atoms with E-state index in [4.69, 9.17) is 4.74 Å². The lowest BCUT2D eigenvalue weighted by Crippen LogP contribution is -2.39. The van der Waals surface area contributed by atoms with Gasteiger partial charge in [-0.2, -0.15) is 0 Å². The fourth-order valence-corrected chi connectivity index (χ4v) is 3.00. The molecule has 2 unspecified atom stereocenters. The summed E-state index contributed by atoms with van der Waals surface area (Å²) in [5.41, 5.74) is 0. The van der Waals surface area contributed by atoms with Gasteiger partial charge in [-0.05, 0) is 19.8 Å². The Balaban J connectivity index is 2.53. The van der Waals surface area contributed by atoms with E-state index in [1.807, 2.05) is 6.92 Å². The molecule has 3 heteroatoms. The predicted molar refractivity (Wildman–Crippen MR) is 51.4 cm³/mol. The minimum Gasteiger partial charge on any atom is -0.500 e. The highest BCUT2D eigenvalue weighted by molar-refractivity contribution is 7.86. The van der Waals surface area contributed by atoms with E-state index in [-0.39, 0.29) is 4.75 Å². The van der Waals surface area contributed by atoms with Crippen LogP contribution in [0.25, 0.3) is 0 Å². The lowest BCUT2D eigenvalue weighted by molar-refractivity contribution is 0.208. The lowest BCUT2D eigenvalue weighted by Gasteiger charge is -2.31. The molecule has 0 aromatic carbocycles. The van der Waals surface area contributed by atoms with Gasteiger partial charge < -0.3 is 4.74 Å². The van der Waals surface area contributed by atoms with Crippen LogP contribution in [0.4, 0.5) is 0 Å². The first-order valence-electron chi connectivity index (χ1n) is 4.30. The van der Waals surface area contributed by atoms with Gasteiger partial charge >= 0.3 is 0 Å². The molecule has 1 saturated heterocycles. The van der Waals surface area contributed by atoms with Crippen LogP contribution in [0.3, 0.4) is 0 Å². The third-order valence-corrected chi connectivity index (χ3v) is 4.42. The fourth-order valence-electron chi connectivity index (χ4n) is 1.47. The Hall–Kier alpha value is -0.310. The third kappa shape index (κ3) is 2.09. The van der Waals surface area contributed by atoms with Crippen LogP contribution in [-0.2, 0) is 15.5 Å².